The molecular formula is C15H12BrNO4S. The van der Waals surface area contributed by atoms with Gasteiger partial charge in [-0.15, -0.1) is 0 Å². The van der Waals surface area contributed by atoms with Crippen LogP contribution < -0.4 is 0 Å². The third-order valence-electron chi connectivity index (χ3n) is 2.79. The molecule has 1 aliphatic rings. The Morgan fingerprint density at radius 2 is 2.00 bits per heavy atom. The Labute approximate surface area is 140 Å². The lowest BCUT2D eigenvalue weighted by atomic mass is 10.2. The van der Waals surface area contributed by atoms with Crippen molar-refractivity contribution in [3.05, 3.63) is 51.4 Å². The van der Waals surface area contributed by atoms with Gasteiger partial charge in [0.05, 0.1) is 12.0 Å². The second-order valence-corrected chi connectivity index (χ2v) is 6.19. The molecule has 0 aliphatic carbocycles. The van der Waals surface area contributed by atoms with Crippen LogP contribution in [0.2, 0.25) is 0 Å². The number of esters is 1. The molecule has 1 aliphatic heterocycles. The van der Waals surface area contributed by atoms with E-state index in [0.29, 0.717) is 0 Å². The number of imide groups is 1. The number of halogens is 1. The molecule has 1 heterocycles. The Morgan fingerprint density at radius 3 is 2.64 bits per heavy atom. The van der Waals surface area contributed by atoms with Crippen molar-refractivity contribution in [1.82, 2.24) is 4.90 Å². The number of thioether (sulfide) groups is 1. The van der Waals surface area contributed by atoms with Gasteiger partial charge in [0.1, 0.15) is 6.54 Å². The highest BCUT2D eigenvalue weighted by Gasteiger charge is 2.36. The molecule has 2 amide bonds. The predicted molar refractivity (Wildman–Crippen MR) is 88.0 cm³/mol. The number of ether oxygens (including phenoxy) is 1. The molecule has 0 unspecified atom stereocenters. The molecular weight excluding hydrogens is 370 g/mol. The molecule has 5 nitrogen and oxygen atoms in total. The zero-order valence-electron chi connectivity index (χ0n) is 11.6. The van der Waals surface area contributed by atoms with Crippen molar-refractivity contribution in [2.24, 2.45) is 0 Å². The molecule has 7 heteroatoms. The van der Waals surface area contributed by atoms with Crippen molar-refractivity contribution in [2.75, 3.05) is 13.7 Å². The first kappa shape index (κ1) is 16.5. The van der Waals surface area contributed by atoms with E-state index in [0.717, 1.165) is 26.7 Å². The van der Waals surface area contributed by atoms with Crippen molar-refractivity contribution in [2.45, 2.75) is 0 Å². The van der Waals surface area contributed by atoms with Gasteiger partial charge < -0.3 is 4.74 Å². The van der Waals surface area contributed by atoms with Gasteiger partial charge in [0.15, 0.2) is 0 Å². The fourth-order valence-electron chi connectivity index (χ4n) is 1.66. The molecule has 0 saturated carbocycles. The molecule has 22 heavy (non-hydrogen) atoms. The number of nitrogens with zero attached hydrogens (tertiary/aromatic N) is 1. The third-order valence-corrected chi connectivity index (χ3v) is 4.25. The standard InChI is InChI=1S/C15H12BrNO4S/c1-21-13(18)9-17-14(19)12(22-15(17)20)4-2-3-10-5-7-11(16)8-6-10/h2-8H,9H2,1H3/b3-2+,12-4-. The van der Waals surface area contributed by atoms with E-state index in [1.165, 1.54) is 7.11 Å². The summed E-state index contributed by atoms with van der Waals surface area (Å²) in [6, 6.07) is 7.64. The predicted octanol–water partition coefficient (Wildman–Crippen LogP) is 3.21. The van der Waals surface area contributed by atoms with Crippen molar-refractivity contribution < 1.29 is 19.1 Å². The second kappa shape index (κ2) is 7.42. The maximum absolute atomic E-state index is 12.0. The Hall–Kier alpha value is -1.86. The number of hydrogen-bond donors (Lipinski definition) is 0. The first-order valence-electron chi connectivity index (χ1n) is 6.25. The molecule has 0 N–H and O–H groups in total. The van der Waals surface area contributed by atoms with Gasteiger partial charge in [-0.1, -0.05) is 40.2 Å². The summed E-state index contributed by atoms with van der Waals surface area (Å²) in [6.45, 7) is -0.366. The lowest BCUT2D eigenvalue weighted by Gasteiger charge is -2.09. The van der Waals surface area contributed by atoms with Gasteiger partial charge >= 0.3 is 5.97 Å². The first-order valence-corrected chi connectivity index (χ1v) is 7.86. The number of hydrogen-bond acceptors (Lipinski definition) is 5. The smallest absolute Gasteiger partial charge is 0.325 e. The van der Waals surface area contributed by atoms with Gasteiger partial charge in [0.25, 0.3) is 11.1 Å². The molecule has 1 aromatic carbocycles. The minimum atomic E-state index is -0.631. The third kappa shape index (κ3) is 4.08. The zero-order valence-corrected chi connectivity index (χ0v) is 14.0. The van der Waals surface area contributed by atoms with Crippen molar-refractivity contribution >= 4 is 50.9 Å². The van der Waals surface area contributed by atoms with Crippen LogP contribution in [0.5, 0.6) is 0 Å². The minimum absolute atomic E-state index is 0.280. The molecule has 0 bridgehead atoms. The van der Waals surface area contributed by atoms with Crippen molar-refractivity contribution in [3.63, 3.8) is 0 Å². The maximum atomic E-state index is 12.0. The zero-order chi connectivity index (χ0) is 16.1. The van der Waals surface area contributed by atoms with E-state index in [1.807, 2.05) is 30.3 Å². The lowest BCUT2D eigenvalue weighted by Crippen LogP contribution is -2.34. The number of methoxy groups -OCH3 is 1. The molecule has 0 atom stereocenters. The summed E-state index contributed by atoms with van der Waals surface area (Å²) >= 11 is 4.15. The molecule has 0 aromatic heterocycles. The summed E-state index contributed by atoms with van der Waals surface area (Å²) in [6.07, 6.45) is 5.07. The summed E-state index contributed by atoms with van der Waals surface area (Å²) in [5, 5.41) is -0.473. The van der Waals surface area contributed by atoms with Crippen LogP contribution in [-0.2, 0) is 14.3 Å². The van der Waals surface area contributed by atoms with Gasteiger partial charge in [-0.25, -0.2) is 0 Å². The van der Waals surface area contributed by atoms with Crippen molar-refractivity contribution in [1.29, 1.82) is 0 Å². The van der Waals surface area contributed by atoms with E-state index in [4.69, 9.17) is 0 Å². The van der Waals surface area contributed by atoms with Crippen LogP contribution in [0.25, 0.3) is 6.08 Å². The highest BCUT2D eigenvalue weighted by atomic mass is 79.9. The van der Waals surface area contributed by atoms with Crippen LogP contribution in [0.1, 0.15) is 5.56 Å². The summed E-state index contributed by atoms with van der Waals surface area (Å²) in [5.41, 5.74) is 0.966. The average molecular weight is 382 g/mol. The Balaban J connectivity index is 2.06. The van der Waals surface area contributed by atoms with Crippen LogP contribution in [0.3, 0.4) is 0 Å². The Bertz CT molecular complexity index is 667. The second-order valence-electron chi connectivity index (χ2n) is 4.28. The van der Waals surface area contributed by atoms with Gasteiger partial charge in [-0.3, -0.25) is 19.3 Å². The van der Waals surface area contributed by atoms with Gasteiger partial charge in [0, 0.05) is 4.47 Å². The largest absolute Gasteiger partial charge is 0.468 e. The highest BCUT2D eigenvalue weighted by molar-refractivity contribution is 9.10. The summed E-state index contributed by atoms with van der Waals surface area (Å²) in [5.74, 6) is -1.12. The van der Waals surface area contributed by atoms with E-state index in [2.05, 4.69) is 20.7 Å². The molecule has 1 aromatic rings. The van der Waals surface area contributed by atoms with Crippen LogP contribution in [0.4, 0.5) is 4.79 Å². The SMILES string of the molecule is COC(=O)CN1C(=O)S/C(=C\C=C\c2ccc(Br)cc2)C1=O. The summed E-state index contributed by atoms with van der Waals surface area (Å²) in [7, 11) is 1.21. The summed E-state index contributed by atoms with van der Waals surface area (Å²) < 4.78 is 5.44. The molecule has 0 radical (unpaired) electrons. The van der Waals surface area contributed by atoms with E-state index in [-0.39, 0.29) is 11.4 Å². The molecule has 2 rings (SSSR count). The molecule has 1 fully saturated rings. The monoisotopic (exact) mass is 381 g/mol. The fraction of sp³-hybridized carbons (Fsp3) is 0.133. The van der Waals surface area contributed by atoms with Crippen molar-refractivity contribution in [3.8, 4) is 0 Å². The number of amides is 2. The van der Waals surface area contributed by atoms with E-state index < -0.39 is 17.1 Å². The van der Waals surface area contributed by atoms with Gasteiger partial charge in [0.2, 0.25) is 0 Å². The fourth-order valence-corrected chi connectivity index (χ4v) is 2.72. The lowest BCUT2D eigenvalue weighted by molar-refractivity contribution is -0.143. The quantitative estimate of drug-likeness (QED) is 0.591. The average Bonchev–Trinajstić information content (AvgIpc) is 2.77. The molecule has 0 spiro atoms. The Kier molecular flexibility index (Phi) is 5.57. The van der Waals surface area contributed by atoms with Crippen LogP contribution >= 0.6 is 27.7 Å². The van der Waals surface area contributed by atoms with E-state index in [9.17, 15) is 14.4 Å². The number of allylic oxidation sites excluding steroid dienone is 2. The number of rotatable bonds is 4. The van der Waals surface area contributed by atoms with E-state index in [1.54, 1.807) is 12.2 Å². The normalized spacial score (nSPS) is 16.8. The van der Waals surface area contributed by atoms with Crippen LogP contribution in [0.15, 0.2) is 45.8 Å². The van der Waals surface area contributed by atoms with Gasteiger partial charge in [-0.2, -0.15) is 0 Å². The number of carbonyl (C=O) groups excluding carboxylic acids is 3. The Morgan fingerprint density at radius 1 is 1.32 bits per heavy atom. The topological polar surface area (TPSA) is 63.7 Å². The molecule has 114 valence electrons. The highest BCUT2D eigenvalue weighted by Crippen LogP contribution is 2.30. The minimum Gasteiger partial charge on any atom is -0.468 e. The molecule has 1 saturated heterocycles. The number of benzene rings is 1. The van der Waals surface area contributed by atoms with Crippen LogP contribution in [0, 0.1) is 0 Å². The van der Waals surface area contributed by atoms with Crippen LogP contribution in [-0.4, -0.2) is 35.7 Å². The number of carbonyl (C=O) groups is 3. The first-order chi connectivity index (χ1) is 10.5. The van der Waals surface area contributed by atoms with Gasteiger partial charge in [-0.05, 0) is 35.5 Å². The maximum Gasteiger partial charge on any atom is 0.325 e. The summed E-state index contributed by atoms with van der Waals surface area (Å²) in [4.78, 5) is 36.1. The van der Waals surface area contributed by atoms with E-state index >= 15 is 0 Å².